The zero-order chi connectivity index (χ0) is 13.8. The van der Waals surface area contributed by atoms with Crippen LogP contribution < -0.4 is 20.5 Å². The summed E-state index contributed by atoms with van der Waals surface area (Å²) in [7, 11) is 3.20. The Kier molecular flexibility index (Phi) is 4.27. The molecule has 1 heterocycles. The third-order valence-corrected chi connectivity index (χ3v) is 3.45. The van der Waals surface area contributed by atoms with E-state index in [4.69, 9.17) is 15.2 Å². The molecule has 1 unspecified atom stereocenters. The summed E-state index contributed by atoms with van der Waals surface area (Å²) < 4.78 is 10.6. The fourth-order valence-corrected chi connectivity index (χ4v) is 2.41. The Labute approximate surface area is 113 Å². The second-order valence-electron chi connectivity index (χ2n) is 4.68. The topological polar surface area (TPSA) is 73.6 Å². The smallest absolute Gasteiger partial charge is 0.227 e. The van der Waals surface area contributed by atoms with Crippen molar-refractivity contribution >= 4 is 11.6 Å². The van der Waals surface area contributed by atoms with Gasteiger partial charge in [0.05, 0.1) is 19.9 Å². The summed E-state index contributed by atoms with van der Waals surface area (Å²) in [6.45, 7) is 0.609. The Morgan fingerprint density at radius 1 is 1.37 bits per heavy atom. The Bertz CT molecular complexity index is 474. The Morgan fingerprint density at radius 3 is 2.79 bits per heavy atom. The van der Waals surface area contributed by atoms with Crippen LogP contribution in [0.1, 0.15) is 18.4 Å². The number of rotatable bonds is 5. The SMILES string of the molecule is COc1cc2c(c(OC)c1)NC(=O)C(CCCN)C2. The molecule has 19 heavy (non-hydrogen) atoms. The fourth-order valence-electron chi connectivity index (χ4n) is 2.41. The molecule has 0 radical (unpaired) electrons. The molecule has 0 bridgehead atoms. The molecular formula is C14H20N2O3. The molecule has 1 aliphatic rings. The molecule has 0 aliphatic carbocycles. The van der Waals surface area contributed by atoms with E-state index in [1.165, 1.54) is 0 Å². The van der Waals surface area contributed by atoms with Crippen LogP contribution in [0.5, 0.6) is 11.5 Å². The first-order valence-corrected chi connectivity index (χ1v) is 6.45. The number of fused-ring (bicyclic) bond motifs is 1. The number of ether oxygens (including phenoxy) is 2. The number of anilines is 1. The van der Waals surface area contributed by atoms with Gasteiger partial charge < -0.3 is 20.5 Å². The third-order valence-electron chi connectivity index (χ3n) is 3.45. The van der Waals surface area contributed by atoms with Crippen LogP contribution in [0.25, 0.3) is 0 Å². The first-order chi connectivity index (χ1) is 9.19. The maximum Gasteiger partial charge on any atom is 0.227 e. The second-order valence-corrected chi connectivity index (χ2v) is 4.68. The lowest BCUT2D eigenvalue weighted by Crippen LogP contribution is -2.30. The fraction of sp³-hybridized carbons (Fsp3) is 0.500. The number of nitrogens with one attached hydrogen (secondary N) is 1. The molecule has 0 fully saturated rings. The van der Waals surface area contributed by atoms with E-state index in [1.54, 1.807) is 20.3 Å². The zero-order valence-corrected chi connectivity index (χ0v) is 11.4. The molecule has 3 N–H and O–H groups in total. The van der Waals surface area contributed by atoms with Crippen LogP contribution in [0.15, 0.2) is 12.1 Å². The number of hydrogen-bond donors (Lipinski definition) is 2. The zero-order valence-electron chi connectivity index (χ0n) is 11.4. The van der Waals surface area contributed by atoms with Gasteiger partial charge in [-0.1, -0.05) is 0 Å². The molecule has 1 aliphatic heterocycles. The molecule has 1 aromatic rings. The van der Waals surface area contributed by atoms with E-state index in [9.17, 15) is 4.79 Å². The van der Waals surface area contributed by atoms with Gasteiger partial charge in [0.2, 0.25) is 5.91 Å². The van der Waals surface area contributed by atoms with Gasteiger partial charge >= 0.3 is 0 Å². The van der Waals surface area contributed by atoms with Crippen LogP contribution in [-0.2, 0) is 11.2 Å². The Morgan fingerprint density at radius 2 is 2.16 bits per heavy atom. The number of nitrogens with two attached hydrogens (primary N) is 1. The number of hydrogen-bond acceptors (Lipinski definition) is 4. The van der Waals surface area contributed by atoms with Crippen molar-refractivity contribution in [3.05, 3.63) is 17.7 Å². The van der Waals surface area contributed by atoms with Crippen LogP contribution in [-0.4, -0.2) is 26.7 Å². The molecule has 0 saturated carbocycles. The van der Waals surface area contributed by atoms with Gasteiger partial charge in [0.15, 0.2) is 0 Å². The summed E-state index contributed by atoms with van der Waals surface area (Å²) >= 11 is 0. The van der Waals surface area contributed by atoms with Gasteiger partial charge in [-0.3, -0.25) is 4.79 Å². The number of carbonyl (C=O) groups is 1. The average Bonchev–Trinajstić information content (AvgIpc) is 2.44. The molecule has 1 atom stereocenters. The van der Waals surface area contributed by atoms with E-state index >= 15 is 0 Å². The van der Waals surface area contributed by atoms with Crippen molar-refractivity contribution in [3.8, 4) is 11.5 Å². The lowest BCUT2D eigenvalue weighted by atomic mass is 9.89. The Balaban J connectivity index is 2.29. The van der Waals surface area contributed by atoms with Gasteiger partial charge in [0, 0.05) is 12.0 Å². The van der Waals surface area contributed by atoms with Gasteiger partial charge in [-0.15, -0.1) is 0 Å². The number of carbonyl (C=O) groups excluding carboxylic acids is 1. The monoisotopic (exact) mass is 264 g/mol. The summed E-state index contributed by atoms with van der Waals surface area (Å²) in [6.07, 6.45) is 2.37. The molecule has 0 spiro atoms. The highest BCUT2D eigenvalue weighted by Gasteiger charge is 2.28. The number of benzene rings is 1. The third kappa shape index (κ3) is 2.81. The molecule has 0 aromatic heterocycles. The number of amides is 1. The standard InChI is InChI=1S/C14H20N2O3/c1-18-11-7-10-6-9(4-3-5-15)14(17)16-13(10)12(8-11)19-2/h7-9H,3-6,15H2,1-2H3,(H,16,17). The van der Waals surface area contributed by atoms with Crippen LogP contribution in [0.2, 0.25) is 0 Å². The summed E-state index contributed by atoms with van der Waals surface area (Å²) in [5.41, 5.74) is 7.32. The minimum atomic E-state index is -0.0205. The first-order valence-electron chi connectivity index (χ1n) is 6.45. The van der Waals surface area contributed by atoms with Crippen molar-refractivity contribution in [1.29, 1.82) is 0 Å². The largest absolute Gasteiger partial charge is 0.497 e. The quantitative estimate of drug-likeness (QED) is 0.846. The van der Waals surface area contributed by atoms with Crippen LogP contribution in [0, 0.1) is 5.92 Å². The van der Waals surface area contributed by atoms with E-state index < -0.39 is 0 Å². The second kappa shape index (κ2) is 5.93. The van der Waals surface area contributed by atoms with Crippen LogP contribution >= 0.6 is 0 Å². The summed E-state index contributed by atoms with van der Waals surface area (Å²) in [5.74, 6) is 1.40. The van der Waals surface area contributed by atoms with E-state index in [0.29, 0.717) is 18.7 Å². The molecule has 5 nitrogen and oxygen atoms in total. The van der Waals surface area contributed by atoms with Gasteiger partial charge in [0.1, 0.15) is 11.5 Å². The average molecular weight is 264 g/mol. The van der Waals surface area contributed by atoms with Crippen molar-refractivity contribution < 1.29 is 14.3 Å². The van der Waals surface area contributed by atoms with Crippen molar-refractivity contribution in [2.45, 2.75) is 19.3 Å². The highest BCUT2D eigenvalue weighted by Crippen LogP contribution is 2.38. The van der Waals surface area contributed by atoms with E-state index in [1.807, 2.05) is 6.07 Å². The van der Waals surface area contributed by atoms with E-state index in [2.05, 4.69) is 5.32 Å². The van der Waals surface area contributed by atoms with Gasteiger partial charge in [-0.2, -0.15) is 0 Å². The van der Waals surface area contributed by atoms with E-state index in [-0.39, 0.29) is 11.8 Å². The highest BCUT2D eigenvalue weighted by molar-refractivity contribution is 5.97. The lowest BCUT2D eigenvalue weighted by Gasteiger charge is -2.26. The summed E-state index contributed by atoms with van der Waals surface area (Å²) in [6, 6.07) is 3.73. The van der Waals surface area contributed by atoms with Gasteiger partial charge in [-0.25, -0.2) is 0 Å². The highest BCUT2D eigenvalue weighted by atomic mass is 16.5. The maximum absolute atomic E-state index is 12.0. The minimum absolute atomic E-state index is 0.0205. The van der Waals surface area contributed by atoms with Crippen molar-refractivity contribution in [2.24, 2.45) is 11.7 Å². The van der Waals surface area contributed by atoms with Crippen LogP contribution in [0.3, 0.4) is 0 Å². The van der Waals surface area contributed by atoms with Crippen molar-refractivity contribution in [1.82, 2.24) is 0 Å². The predicted octanol–water partition coefficient (Wildman–Crippen LogP) is 1.55. The molecule has 1 aromatic carbocycles. The van der Waals surface area contributed by atoms with Gasteiger partial charge in [0.25, 0.3) is 0 Å². The van der Waals surface area contributed by atoms with Crippen LogP contribution in [0.4, 0.5) is 5.69 Å². The normalized spacial score (nSPS) is 17.6. The predicted molar refractivity (Wildman–Crippen MR) is 73.7 cm³/mol. The molecule has 5 heteroatoms. The van der Waals surface area contributed by atoms with E-state index in [0.717, 1.165) is 29.8 Å². The van der Waals surface area contributed by atoms with Crippen molar-refractivity contribution in [2.75, 3.05) is 26.1 Å². The molecule has 0 saturated heterocycles. The van der Waals surface area contributed by atoms with Crippen molar-refractivity contribution in [3.63, 3.8) is 0 Å². The number of methoxy groups -OCH3 is 2. The minimum Gasteiger partial charge on any atom is -0.497 e. The summed E-state index contributed by atoms with van der Waals surface area (Å²) in [5, 5.41) is 2.93. The maximum atomic E-state index is 12.0. The molecule has 1 amide bonds. The molecule has 2 rings (SSSR count). The first kappa shape index (κ1) is 13.7. The lowest BCUT2D eigenvalue weighted by molar-refractivity contribution is -0.120. The molecular weight excluding hydrogens is 244 g/mol. The Hall–Kier alpha value is -1.75. The van der Waals surface area contributed by atoms with Gasteiger partial charge in [-0.05, 0) is 37.4 Å². The molecule has 104 valence electrons. The summed E-state index contributed by atoms with van der Waals surface area (Å²) in [4.78, 5) is 12.0.